The molecule has 9 heteroatoms. The number of hydrogen-bond acceptors (Lipinski definition) is 7. The van der Waals surface area contributed by atoms with Crippen molar-refractivity contribution in [2.45, 2.75) is 17.9 Å². The molecule has 1 atom stereocenters. The highest BCUT2D eigenvalue weighted by Gasteiger charge is 2.21. The Morgan fingerprint density at radius 1 is 1.19 bits per heavy atom. The first-order valence-corrected chi connectivity index (χ1v) is 8.90. The van der Waals surface area contributed by atoms with Crippen LogP contribution in [0, 0.1) is 10.1 Å². The van der Waals surface area contributed by atoms with Gasteiger partial charge in [-0.1, -0.05) is 12.1 Å². The van der Waals surface area contributed by atoms with Gasteiger partial charge in [0.15, 0.2) is 6.10 Å². The SMILES string of the molecule is COc1ccc(SCC(=O)O[C@H](C)C(=O)Nc2ccccc2[N+](=O)[O-])cc1. The summed E-state index contributed by atoms with van der Waals surface area (Å²) in [5.74, 6) is -0.481. The predicted octanol–water partition coefficient (Wildman–Crippen LogP) is 3.27. The van der Waals surface area contributed by atoms with Crippen LogP contribution in [-0.2, 0) is 14.3 Å². The van der Waals surface area contributed by atoms with E-state index in [0.717, 1.165) is 4.90 Å². The lowest BCUT2D eigenvalue weighted by Gasteiger charge is -2.13. The summed E-state index contributed by atoms with van der Waals surface area (Å²) in [6.07, 6.45) is -1.09. The highest BCUT2D eigenvalue weighted by Crippen LogP contribution is 2.24. The number of rotatable bonds is 8. The van der Waals surface area contributed by atoms with E-state index in [1.165, 1.54) is 36.9 Å². The van der Waals surface area contributed by atoms with Gasteiger partial charge in [0.2, 0.25) is 0 Å². The molecule has 0 saturated carbocycles. The van der Waals surface area contributed by atoms with Crippen LogP contribution in [0.5, 0.6) is 5.75 Å². The number of para-hydroxylation sites is 2. The van der Waals surface area contributed by atoms with E-state index in [9.17, 15) is 19.7 Å². The molecule has 0 fully saturated rings. The third-order valence-electron chi connectivity index (χ3n) is 3.45. The van der Waals surface area contributed by atoms with Gasteiger partial charge in [0.1, 0.15) is 11.4 Å². The molecular weight excluding hydrogens is 372 g/mol. The van der Waals surface area contributed by atoms with Gasteiger partial charge in [-0.05, 0) is 37.3 Å². The van der Waals surface area contributed by atoms with Gasteiger partial charge in [0.25, 0.3) is 11.6 Å². The lowest BCUT2D eigenvalue weighted by Crippen LogP contribution is -2.30. The van der Waals surface area contributed by atoms with E-state index >= 15 is 0 Å². The minimum atomic E-state index is -1.09. The Balaban J connectivity index is 1.86. The molecule has 0 unspecified atom stereocenters. The van der Waals surface area contributed by atoms with Crippen LogP contribution in [-0.4, -0.2) is 35.8 Å². The van der Waals surface area contributed by atoms with Crippen molar-refractivity contribution in [1.29, 1.82) is 0 Å². The molecule has 1 N–H and O–H groups in total. The third kappa shape index (κ3) is 6.00. The maximum absolute atomic E-state index is 12.1. The molecule has 2 aromatic rings. The molecule has 0 heterocycles. The number of nitro groups is 1. The van der Waals surface area contributed by atoms with Crippen molar-refractivity contribution in [2.75, 3.05) is 18.2 Å². The lowest BCUT2D eigenvalue weighted by molar-refractivity contribution is -0.383. The van der Waals surface area contributed by atoms with E-state index in [-0.39, 0.29) is 17.1 Å². The fourth-order valence-electron chi connectivity index (χ4n) is 2.07. The summed E-state index contributed by atoms with van der Waals surface area (Å²) >= 11 is 1.26. The fourth-order valence-corrected chi connectivity index (χ4v) is 2.75. The molecule has 142 valence electrons. The number of anilines is 1. The summed E-state index contributed by atoms with van der Waals surface area (Å²) < 4.78 is 10.1. The van der Waals surface area contributed by atoms with Gasteiger partial charge in [0, 0.05) is 11.0 Å². The largest absolute Gasteiger partial charge is 0.497 e. The van der Waals surface area contributed by atoms with Gasteiger partial charge in [-0.2, -0.15) is 0 Å². The number of nitrogens with one attached hydrogen (secondary N) is 1. The van der Waals surface area contributed by atoms with Crippen LogP contribution >= 0.6 is 11.8 Å². The van der Waals surface area contributed by atoms with Crippen LogP contribution in [0.25, 0.3) is 0 Å². The van der Waals surface area contributed by atoms with Gasteiger partial charge in [-0.15, -0.1) is 11.8 Å². The molecule has 2 aromatic carbocycles. The molecule has 1 amide bonds. The van der Waals surface area contributed by atoms with Crippen molar-refractivity contribution in [3.05, 3.63) is 58.6 Å². The molecule has 2 rings (SSSR count). The predicted molar refractivity (Wildman–Crippen MR) is 101 cm³/mol. The molecule has 0 aromatic heterocycles. The van der Waals surface area contributed by atoms with Crippen LogP contribution in [0.2, 0.25) is 0 Å². The summed E-state index contributed by atoms with van der Waals surface area (Å²) in [6.45, 7) is 1.40. The second-order valence-corrected chi connectivity index (χ2v) is 6.41. The van der Waals surface area contributed by atoms with E-state index < -0.39 is 22.9 Å². The molecule has 0 aliphatic heterocycles. The number of nitrogens with zero attached hydrogens (tertiary/aromatic N) is 1. The van der Waals surface area contributed by atoms with Gasteiger partial charge in [0.05, 0.1) is 17.8 Å². The summed E-state index contributed by atoms with van der Waals surface area (Å²) in [5, 5.41) is 13.4. The maximum Gasteiger partial charge on any atom is 0.317 e. The van der Waals surface area contributed by atoms with E-state index in [1.54, 1.807) is 37.4 Å². The summed E-state index contributed by atoms with van der Waals surface area (Å²) in [5.41, 5.74) is -0.192. The van der Waals surface area contributed by atoms with Crippen molar-refractivity contribution in [3.63, 3.8) is 0 Å². The topological polar surface area (TPSA) is 108 Å². The lowest BCUT2D eigenvalue weighted by atomic mass is 10.2. The number of carbonyl (C=O) groups is 2. The van der Waals surface area contributed by atoms with Crippen LogP contribution in [0.3, 0.4) is 0 Å². The monoisotopic (exact) mass is 390 g/mol. The number of hydrogen-bond donors (Lipinski definition) is 1. The Hall–Kier alpha value is -3.07. The van der Waals surface area contributed by atoms with Crippen molar-refractivity contribution in [3.8, 4) is 5.75 Å². The minimum Gasteiger partial charge on any atom is -0.497 e. The van der Waals surface area contributed by atoms with Gasteiger partial charge in [-0.25, -0.2) is 0 Å². The van der Waals surface area contributed by atoms with Crippen LogP contribution in [0.4, 0.5) is 11.4 Å². The molecule has 0 aliphatic rings. The summed E-state index contributed by atoms with van der Waals surface area (Å²) in [7, 11) is 1.57. The molecular formula is C18H18N2O6S. The number of amides is 1. The van der Waals surface area contributed by atoms with Gasteiger partial charge >= 0.3 is 5.97 Å². The number of benzene rings is 2. The quantitative estimate of drug-likeness (QED) is 0.319. The minimum absolute atomic E-state index is 0.0232. The van der Waals surface area contributed by atoms with Crippen molar-refractivity contribution in [1.82, 2.24) is 0 Å². The molecule has 0 aliphatic carbocycles. The van der Waals surface area contributed by atoms with E-state index in [4.69, 9.17) is 9.47 Å². The second kappa shape index (κ2) is 9.58. The average molecular weight is 390 g/mol. The molecule has 8 nitrogen and oxygen atoms in total. The van der Waals surface area contributed by atoms with Gasteiger partial charge < -0.3 is 14.8 Å². The normalized spacial score (nSPS) is 11.3. The van der Waals surface area contributed by atoms with Gasteiger partial charge in [-0.3, -0.25) is 19.7 Å². The molecule has 0 radical (unpaired) electrons. The second-order valence-electron chi connectivity index (χ2n) is 5.36. The van der Waals surface area contributed by atoms with Crippen molar-refractivity contribution >= 4 is 35.0 Å². The van der Waals surface area contributed by atoms with Crippen LogP contribution in [0.1, 0.15) is 6.92 Å². The maximum atomic E-state index is 12.1. The highest BCUT2D eigenvalue weighted by atomic mass is 32.2. The van der Waals surface area contributed by atoms with Crippen molar-refractivity contribution < 1.29 is 24.0 Å². The fraction of sp³-hybridized carbons (Fsp3) is 0.222. The number of carbonyl (C=O) groups excluding carboxylic acids is 2. The summed E-state index contributed by atoms with van der Waals surface area (Å²) in [4.78, 5) is 35.3. The molecule has 27 heavy (non-hydrogen) atoms. The molecule has 0 saturated heterocycles. The van der Waals surface area contributed by atoms with E-state index in [2.05, 4.69) is 5.32 Å². The van der Waals surface area contributed by atoms with Crippen LogP contribution < -0.4 is 10.1 Å². The standard InChI is InChI=1S/C18H18N2O6S/c1-12(18(22)19-15-5-3-4-6-16(15)20(23)24)26-17(21)11-27-14-9-7-13(25-2)8-10-14/h3-10,12H,11H2,1-2H3,(H,19,22)/t12-/m1/s1. The smallest absolute Gasteiger partial charge is 0.317 e. The third-order valence-corrected chi connectivity index (χ3v) is 4.44. The van der Waals surface area contributed by atoms with Crippen molar-refractivity contribution in [2.24, 2.45) is 0 Å². The number of nitro benzene ring substituents is 1. The average Bonchev–Trinajstić information content (AvgIpc) is 2.67. The Bertz CT molecular complexity index is 825. The number of ether oxygens (including phenoxy) is 2. The first-order chi connectivity index (χ1) is 12.9. The number of esters is 1. The zero-order valence-corrected chi connectivity index (χ0v) is 15.5. The molecule has 0 bridgehead atoms. The first kappa shape index (κ1) is 20.2. The first-order valence-electron chi connectivity index (χ1n) is 7.91. The molecule has 0 spiro atoms. The Labute approximate surface area is 160 Å². The number of methoxy groups -OCH3 is 1. The summed E-state index contributed by atoms with van der Waals surface area (Å²) in [6, 6.07) is 12.9. The Morgan fingerprint density at radius 2 is 1.85 bits per heavy atom. The van der Waals surface area contributed by atoms with E-state index in [1.807, 2.05) is 0 Å². The Kier molecular flexibility index (Phi) is 7.18. The van der Waals surface area contributed by atoms with E-state index in [0.29, 0.717) is 5.75 Å². The van der Waals surface area contributed by atoms with Crippen LogP contribution in [0.15, 0.2) is 53.4 Å². The zero-order chi connectivity index (χ0) is 19.8. The zero-order valence-electron chi connectivity index (χ0n) is 14.7. The number of thioether (sulfide) groups is 1. The highest BCUT2D eigenvalue weighted by molar-refractivity contribution is 8.00. The Morgan fingerprint density at radius 3 is 2.48 bits per heavy atom.